The van der Waals surface area contributed by atoms with Gasteiger partial charge in [-0.15, -0.1) is 0 Å². The quantitative estimate of drug-likeness (QED) is 0.509. The molecule has 35 heavy (non-hydrogen) atoms. The zero-order valence-electron chi connectivity index (χ0n) is 19.5. The van der Waals surface area contributed by atoms with Crippen LogP contribution < -0.4 is 0 Å². The number of allylic oxidation sites excluding steroid dienone is 2. The van der Waals surface area contributed by atoms with Crippen molar-refractivity contribution in [3.63, 3.8) is 0 Å². The molecule has 0 spiro atoms. The van der Waals surface area contributed by atoms with Crippen LogP contribution in [0.1, 0.15) is 68.4 Å². The van der Waals surface area contributed by atoms with Crippen LogP contribution in [0, 0.1) is 11.7 Å². The van der Waals surface area contributed by atoms with Gasteiger partial charge >= 0.3 is 5.97 Å². The molecule has 0 amide bonds. The Morgan fingerprint density at radius 1 is 1.11 bits per heavy atom. The van der Waals surface area contributed by atoms with E-state index in [9.17, 15) is 19.1 Å². The van der Waals surface area contributed by atoms with Crippen molar-refractivity contribution in [3.05, 3.63) is 75.7 Å². The van der Waals surface area contributed by atoms with Gasteiger partial charge in [0.05, 0.1) is 5.02 Å². The average Bonchev–Trinajstić information content (AvgIpc) is 3.32. The van der Waals surface area contributed by atoms with E-state index in [1.54, 1.807) is 31.2 Å². The average molecular weight is 496 g/mol. The molecule has 3 atom stereocenters. The molecule has 2 aromatic carbocycles. The Kier molecular flexibility index (Phi) is 6.49. The molecule has 0 aromatic heterocycles. The molecule has 5 rings (SSSR count). The van der Waals surface area contributed by atoms with Crippen molar-refractivity contribution in [3.8, 4) is 5.75 Å². The van der Waals surface area contributed by atoms with Crippen molar-refractivity contribution < 1.29 is 23.8 Å². The Morgan fingerprint density at radius 3 is 2.60 bits per heavy atom. The second-order valence-electron chi connectivity index (χ2n) is 9.71. The molecule has 1 fully saturated rings. The van der Waals surface area contributed by atoms with E-state index < -0.39 is 17.7 Å². The highest BCUT2D eigenvalue weighted by Gasteiger charge is 2.45. The molecule has 2 aromatic rings. The smallest absolute Gasteiger partial charge is 0.315 e. The number of halogens is 2. The highest BCUT2D eigenvalue weighted by atomic mass is 35.5. The molecule has 182 valence electrons. The van der Waals surface area contributed by atoms with Gasteiger partial charge in [0.15, 0.2) is 5.78 Å². The van der Waals surface area contributed by atoms with E-state index >= 15 is 0 Å². The maximum Gasteiger partial charge on any atom is 0.315 e. The van der Waals surface area contributed by atoms with Crippen molar-refractivity contribution in [2.24, 2.45) is 10.9 Å². The van der Waals surface area contributed by atoms with E-state index in [0.717, 1.165) is 25.7 Å². The minimum absolute atomic E-state index is 0.0369. The first kappa shape index (κ1) is 23.7. The number of esters is 1. The predicted octanol–water partition coefficient (Wildman–Crippen LogP) is 6.25. The van der Waals surface area contributed by atoms with Crippen LogP contribution in [0.5, 0.6) is 5.75 Å². The zero-order valence-corrected chi connectivity index (χ0v) is 20.2. The van der Waals surface area contributed by atoms with Crippen molar-refractivity contribution in [2.75, 3.05) is 0 Å². The summed E-state index contributed by atoms with van der Waals surface area (Å²) in [4.78, 5) is 31.7. The fraction of sp³-hybridized carbons (Fsp3) is 0.393. The second kappa shape index (κ2) is 9.57. The normalized spacial score (nSPS) is 24.8. The van der Waals surface area contributed by atoms with E-state index in [4.69, 9.17) is 21.3 Å². The van der Waals surface area contributed by atoms with Crippen LogP contribution in [0.2, 0.25) is 5.02 Å². The van der Waals surface area contributed by atoms with Gasteiger partial charge in [0.1, 0.15) is 23.6 Å². The Hall–Kier alpha value is -2.99. The summed E-state index contributed by atoms with van der Waals surface area (Å²) in [5.74, 6) is -2.56. The van der Waals surface area contributed by atoms with Gasteiger partial charge in [-0.3, -0.25) is 14.6 Å². The minimum Gasteiger partial charge on any atom is -0.508 e. The third kappa shape index (κ3) is 4.64. The largest absolute Gasteiger partial charge is 0.508 e. The van der Waals surface area contributed by atoms with E-state index in [-0.39, 0.29) is 41.0 Å². The highest BCUT2D eigenvalue weighted by Crippen LogP contribution is 2.47. The summed E-state index contributed by atoms with van der Waals surface area (Å²) >= 11 is 5.85. The van der Waals surface area contributed by atoms with E-state index in [1.807, 2.05) is 6.07 Å². The van der Waals surface area contributed by atoms with Crippen molar-refractivity contribution >= 4 is 29.1 Å². The molecule has 1 aliphatic heterocycles. The third-order valence-electron chi connectivity index (χ3n) is 7.37. The van der Waals surface area contributed by atoms with Gasteiger partial charge in [0.2, 0.25) is 0 Å². The Labute approximate surface area is 208 Å². The zero-order chi connectivity index (χ0) is 24.7. The number of phenols is 1. The number of ketones is 1. The van der Waals surface area contributed by atoms with Crippen LogP contribution in [0.3, 0.4) is 0 Å². The van der Waals surface area contributed by atoms with Gasteiger partial charge in [0, 0.05) is 29.3 Å². The fourth-order valence-corrected chi connectivity index (χ4v) is 5.81. The molecular formula is C28H27ClFNO4. The van der Waals surface area contributed by atoms with Crippen molar-refractivity contribution in [1.82, 2.24) is 0 Å². The number of rotatable bonds is 4. The minimum atomic E-state index is -0.746. The number of carbonyl (C=O) groups excluding carboxylic acids is 2. The number of carbonyl (C=O) groups is 2. The third-order valence-corrected chi connectivity index (χ3v) is 7.68. The topological polar surface area (TPSA) is 76.0 Å². The molecule has 2 aliphatic carbocycles. The lowest BCUT2D eigenvalue weighted by molar-refractivity contribution is -0.151. The van der Waals surface area contributed by atoms with Gasteiger partial charge in [-0.05, 0) is 80.3 Å². The summed E-state index contributed by atoms with van der Waals surface area (Å²) in [5, 5.41) is 10.2. The molecule has 1 heterocycles. The summed E-state index contributed by atoms with van der Waals surface area (Å²) in [5.41, 5.74) is 3.04. The van der Waals surface area contributed by atoms with Crippen LogP contribution >= 0.6 is 11.6 Å². The number of benzene rings is 2. The molecule has 1 N–H and O–H groups in total. The monoisotopic (exact) mass is 495 g/mol. The SMILES string of the molecule is CC1=NC2=C(C(=O)CC(c3ccc(Cl)c(F)c3)C2)C(c2cccc(O)c2)C1C(=O)OC1CCCC1. The van der Waals surface area contributed by atoms with Gasteiger partial charge in [-0.1, -0.05) is 29.8 Å². The molecule has 0 bridgehead atoms. The molecule has 3 aliphatic rings. The second-order valence-corrected chi connectivity index (χ2v) is 10.1. The number of aromatic hydroxyl groups is 1. The number of phenolic OH excluding ortho intramolecular Hbond substituents is 1. The first-order valence-electron chi connectivity index (χ1n) is 12.1. The Balaban J connectivity index is 1.54. The molecule has 0 radical (unpaired) electrons. The van der Waals surface area contributed by atoms with E-state index in [0.29, 0.717) is 34.5 Å². The molecule has 7 heteroatoms. The van der Waals surface area contributed by atoms with Gasteiger partial charge < -0.3 is 9.84 Å². The first-order valence-corrected chi connectivity index (χ1v) is 12.5. The number of hydrogen-bond acceptors (Lipinski definition) is 5. The summed E-state index contributed by atoms with van der Waals surface area (Å²) in [6, 6.07) is 11.3. The number of Topliss-reactive ketones (excluding diaryl/α,β-unsaturated/α-hetero) is 1. The highest BCUT2D eigenvalue weighted by molar-refractivity contribution is 6.30. The molecule has 3 unspecified atom stereocenters. The van der Waals surface area contributed by atoms with E-state index in [2.05, 4.69) is 0 Å². The number of hydrogen-bond donors (Lipinski definition) is 1. The van der Waals surface area contributed by atoms with Gasteiger partial charge in [-0.2, -0.15) is 0 Å². The van der Waals surface area contributed by atoms with Crippen molar-refractivity contribution in [2.45, 2.75) is 63.4 Å². The summed E-state index contributed by atoms with van der Waals surface area (Å²) in [6.45, 7) is 1.79. The lowest BCUT2D eigenvalue weighted by Gasteiger charge is -2.37. The molecule has 0 saturated heterocycles. The lowest BCUT2D eigenvalue weighted by atomic mass is 9.69. The molecular weight excluding hydrogens is 469 g/mol. The maximum absolute atomic E-state index is 14.1. The Morgan fingerprint density at radius 2 is 1.89 bits per heavy atom. The van der Waals surface area contributed by atoms with E-state index in [1.165, 1.54) is 12.1 Å². The lowest BCUT2D eigenvalue weighted by Crippen LogP contribution is -2.39. The predicted molar refractivity (Wildman–Crippen MR) is 131 cm³/mol. The Bertz CT molecular complexity index is 1250. The van der Waals surface area contributed by atoms with Crippen molar-refractivity contribution in [1.29, 1.82) is 0 Å². The van der Waals surface area contributed by atoms with Crippen LogP contribution in [-0.4, -0.2) is 28.7 Å². The van der Waals surface area contributed by atoms with Gasteiger partial charge in [-0.25, -0.2) is 4.39 Å². The number of nitrogens with zero attached hydrogens (tertiary/aromatic N) is 1. The van der Waals surface area contributed by atoms with Crippen LogP contribution in [-0.2, 0) is 14.3 Å². The van der Waals surface area contributed by atoms with Crippen LogP contribution in [0.4, 0.5) is 4.39 Å². The maximum atomic E-state index is 14.1. The van der Waals surface area contributed by atoms with Gasteiger partial charge in [0.25, 0.3) is 0 Å². The number of aliphatic imine (C=N–C) groups is 1. The van der Waals surface area contributed by atoms with Crippen LogP contribution in [0.15, 0.2) is 58.7 Å². The summed E-state index contributed by atoms with van der Waals surface area (Å²) in [6.07, 6.45) is 4.27. The molecule has 5 nitrogen and oxygen atoms in total. The van der Waals surface area contributed by atoms with Crippen LogP contribution in [0.25, 0.3) is 0 Å². The first-order chi connectivity index (χ1) is 16.8. The molecule has 1 saturated carbocycles. The summed E-state index contributed by atoms with van der Waals surface area (Å²) in [7, 11) is 0. The fourth-order valence-electron chi connectivity index (χ4n) is 5.69. The summed E-state index contributed by atoms with van der Waals surface area (Å²) < 4.78 is 20.0. The number of ether oxygens (including phenoxy) is 1. The standard InChI is InChI=1S/C28H27ClFNO4/c1-15-25(28(34)35-20-7-2-3-8-20)26(17-5-4-6-19(32)11-17)27-23(31-15)13-18(14-24(27)33)16-9-10-21(29)22(30)12-16/h4-6,9-12,18,20,25-26,32H,2-3,7-8,13-14H2,1H3.